The summed E-state index contributed by atoms with van der Waals surface area (Å²) in [6, 6.07) is -2.80. The number of aliphatic carboxylic acids is 2. The Labute approximate surface area is 183 Å². The van der Waals surface area contributed by atoms with Crippen LogP contribution in [0, 0.1) is 0 Å². The maximum absolute atomic E-state index is 11.5. The van der Waals surface area contributed by atoms with E-state index in [0.29, 0.717) is 0 Å². The summed E-state index contributed by atoms with van der Waals surface area (Å²) >= 11 is 7.69. The van der Waals surface area contributed by atoms with Crippen molar-refractivity contribution in [2.45, 2.75) is 37.9 Å². The normalized spacial score (nSPS) is 12.8. The summed E-state index contributed by atoms with van der Waals surface area (Å²) in [6.45, 7) is 0.752. The summed E-state index contributed by atoms with van der Waals surface area (Å²) in [4.78, 5) is 64.5. The van der Waals surface area contributed by atoms with Crippen LogP contribution in [-0.2, 0) is 28.8 Å². The molecule has 0 spiro atoms. The molecule has 0 saturated heterocycles. The fourth-order valence-electron chi connectivity index (χ4n) is 1.61. The molecule has 3 atom stereocenters. The van der Waals surface area contributed by atoms with Gasteiger partial charge < -0.3 is 37.6 Å². The van der Waals surface area contributed by atoms with E-state index in [0.717, 1.165) is 0 Å². The molecule has 0 aliphatic carbocycles. The second-order valence-electron chi connectivity index (χ2n) is 5.74. The molecule has 1 unspecified atom stereocenters. The van der Waals surface area contributed by atoms with Crippen LogP contribution in [0.4, 0.5) is 0 Å². The van der Waals surface area contributed by atoms with Crippen molar-refractivity contribution in [3.8, 4) is 0 Å². The molecule has 30 heavy (non-hydrogen) atoms. The molecule has 13 nitrogen and oxygen atoms in total. The average Bonchev–Trinajstić information content (AvgIpc) is 2.66. The van der Waals surface area contributed by atoms with Gasteiger partial charge in [0.1, 0.15) is 24.7 Å². The third kappa shape index (κ3) is 15.4. The average molecular weight is 470 g/mol. The van der Waals surface area contributed by atoms with Gasteiger partial charge >= 0.3 is 11.9 Å². The summed E-state index contributed by atoms with van der Waals surface area (Å²) in [5.74, 6) is -4.32. The van der Waals surface area contributed by atoms with E-state index in [9.17, 15) is 28.8 Å². The SMILES string of the molecule is CC(=O)NC(CS)C(N)=O.N[C@@H](CCC(=O)N[C@@H](CS)C(=O)NCC(=O)O)C(=O)O. The molecule has 0 radical (unpaired) electrons. The number of nitrogens with one attached hydrogen (secondary N) is 3. The Hall–Kier alpha value is -2.52. The summed E-state index contributed by atoms with van der Waals surface area (Å²) in [5.41, 5.74) is 10.1. The maximum atomic E-state index is 11.5. The number of thiol groups is 2. The number of carbonyl (C=O) groups excluding carboxylic acids is 4. The van der Waals surface area contributed by atoms with Gasteiger partial charge in [-0.15, -0.1) is 0 Å². The molecule has 0 aromatic heterocycles. The highest BCUT2D eigenvalue weighted by Crippen LogP contribution is 1.97. The van der Waals surface area contributed by atoms with Crippen molar-refractivity contribution in [2.75, 3.05) is 18.1 Å². The topological polar surface area (TPSA) is 231 Å². The van der Waals surface area contributed by atoms with Crippen molar-refractivity contribution in [1.82, 2.24) is 16.0 Å². The fraction of sp³-hybridized carbons (Fsp3) is 0.600. The number of hydrogen-bond acceptors (Lipinski definition) is 9. The minimum absolute atomic E-state index is 0.0256. The van der Waals surface area contributed by atoms with E-state index in [1.54, 1.807) is 0 Å². The molecule has 0 aromatic carbocycles. The first-order valence-electron chi connectivity index (χ1n) is 8.41. The van der Waals surface area contributed by atoms with E-state index in [2.05, 4.69) is 41.2 Å². The smallest absolute Gasteiger partial charge is 0.322 e. The van der Waals surface area contributed by atoms with E-state index in [1.807, 2.05) is 0 Å². The van der Waals surface area contributed by atoms with E-state index in [1.165, 1.54) is 6.92 Å². The number of nitrogens with two attached hydrogens (primary N) is 2. The van der Waals surface area contributed by atoms with Crippen molar-refractivity contribution in [1.29, 1.82) is 0 Å². The molecule has 0 heterocycles. The highest BCUT2D eigenvalue weighted by molar-refractivity contribution is 7.80. The van der Waals surface area contributed by atoms with Crippen LogP contribution in [-0.4, -0.2) is 82.0 Å². The second-order valence-corrected chi connectivity index (χ2v) is 6.47. The zero-order valence-electron chi connectivity index (χ0n) is 16.2. The first kappa shape index (κ1) is 29.7. The number of rotatable bonds is 12. The predicted molar refractivity (Wildman–Crippen MR) is 112 cm³/mol. The van der Waals surface area contributed by atoms with Crippen LogP contribution in [0.3, 0.4) is 0 Å². The first-order chi connectivity index (χ1) is 13.8. The van der Waals surface area contributed by atoms with Crippen LogP contribution in [0.2, 0.25) is 0 Å². The van der Waals surface area contributed by atoms with Crippen LogP contribution < -0.4 is 27.4 Å². The van der Waals surface area contributed by atoms with Gasteiger partial charge in [0.15, 0.2) is 0 Å². The molecule has 0 aliphatic rings. The quantitative estimate of drug-likeness (QED) is 0.130. The molecule has 0 aromatic rings. The maximum Gasteiger partial charge on any atom is 0.322 e. The monoisotopic (exact) mass is 469 g/mol. The molecule has 15 heteroatoms. The lowest BCUT2D eigenvalue weighted by Gasteiger charge is -2.16. The molecule has 0 aliphatic heterocycles. The Morgan fingerprint density at radius 1 is 0.967 bits per heavy atom. The highest BCUT2D eigenvalue weighted by atomic mass is 32.1. The molecule has 0 saturated carbocycles. The lowest BCUT2D eigenvalue weighted by molar-refractivity contribution is -0.139. The Morgan fingerprint density at radius 3 is 1.83 bits per heavy atom. The number of carbonyl (C=O) groups is 6. The van der Waals surface area contributed by atoms with Gasteiger partial charge in [0, 0.05) is 24.9 Å². The third-order valence-electron chi connectivity index (χ3n) is 3.15. The van der Waals surface area contributed by atoms with Gasteiger partial charge in [0.25, 0.3) is 0 Å². The Balaban J connectivity index is 0. The fourth-order valence-corrected chi connectivity index (χ4v) is 2.14. The minimum atomic E-state index is -1.22. The van der Waals surface area contributed by atoms with Gasteiger partial charge in [0.2, 0.25) is 23.6 Å². The van der Waals surface area contributed by atoms with Crippen molar-refractivity contribution in [3.05, 3.63) is 0 Å². The number of carboxylic acid groups (broad SMARTS) is 2. The molecule has 4 amide bonds. The molecule has 172 valence electrons. The Kier molecular flexibility index (Phi) is 16.1. The van der Waals surface area contributed by atoms with Crippen molar-refractivity contribution in [3.63, 3.8) is 0 Å². The van der Waals surface area contributed by atoms with E-state index in [4.69, 9.17) is 21.7 Å². The Morgan fingerprint density at radius 2 is 1.50 bits per heavy atom. The molecule has 0 fully saturated rings. The van der Waals surface area contributed by atoms with E-state index in [-0.39, 0.29) is 30.3 Å². The van der Waals surface area contributed by atoms with Gasteiger partial charge in [-0.25, -0.2) is 0 Å². The largest absolute Gasteiger partial charge is 0.480 e. The highest BCUT2D eigenvalue weighted by Gasteiger charge is 2.21. The Bertz CT molecular complexity index is 634. The van der Waals surface area contributed by atoms with Crippen molar-refractivity contribution >= 4 is 60.8 Å². The number of carboxylic acids is 2. The molecule has 0 bridgehead atoms. The van der Waals surface area contributed by atoms with Gasteiger partial charge in [-0.1, -0.05) is 0 Å². The molecular weight excluding hydrogens is 442 g/mol. The zero-order valence-corrected chi connectivity index (χ0v) is 17.9. The van der Waals surface area contributed by atoms with Gasteiger partial charge in [-0.2, -0.15) is 25.3 Å². The lowest BCUT2D eigenvalue weighted by Crippen LogP contribution is -2.49. The number of amides is 4. The summed E-state index contributed by atoms with van der Waals surface area (Å²) in [6.07, 6.45) is -0.235. The summed E-state index contributed by atoms with van der Waals surface area (Å²) in [5, 5.41) is 23.7. The van der Waals surface area contributed by atoms with Crippen molar-refractivity contribution < 1.29 is 39.0 Å². The minimum Gasteiger partial charge on any atom is -0.480 e. The molecule has 0 rings (SSSR count). The first-order valence-corrected chi connectivity index (χ1v) is 9.67. The van der Waals surface area contributed by atoms with Crippen LogP contribution in [0.25, 0.3) is 0 Å². The van der Waals surface area contributed by atoms with Crippen LogP contribution in [0.5, 0.6) is 0 Å². The van der Waals surface area contributed by atoms with Gasteiger partial charge in [-0.05, 0) is 6.42 Å². The van der Waals surface area contributed by atoms with Crippen LogP contribution in [0.15, 0.2) is 0 Å². The van der Waals surface area contributed by atoms with Crippen molar-refractivity contribution in [2.24, 2.45) is 11.5 Å². The zero-order chi connectivity index (χ0) is 23.9. The molecular formula is C15H27N5O8S2. The van der Waals surface area contributed by atoms with Gasteiger partial charge in [-0.3, -0.25) is 28.8 Å². The second kappa shape index (κ2) is 16.3. The van der Waals surface area contributed by atoms with E-state index < -0.39 is 54.3 Å². The lowest BCUT2D eigenvalue weighted by atomic mass is 10.1. The van der Waals surface area contributed by atoms with Crippen LogP contribution in [0.1, 0.15) is 19.8 Å². The molecule has 9 N–H and O–H groups in total. The summed E-state index contributed by atoms with van der Waals surface area (Å²) in [7, 11) is 0. The predicted octanol–water partition coefficient (Wildman–Crippen LogP) is -3.30. The van der Waals surface area contributed by atoms with Crippen LogP contribution >= 0.6 is 25.3 Å². The summed E-state index contributed by atoms with van der Waals surface area (Å²) < 4.78 is 0. The number of hydrogen-bond donors (Lipinski definition) is 9. The third-order valence-corrected chi connectivity index (χ3v) is 3.88. The standard InChI is InChI=1S/C10H17N3O6S.C5H10N2O2S/c11-5(10(18)19)1-2-7(14)13-6(4-20)9(17)12-3-8(15)16;1-3(8)7-4(2-10)5(6)9/h5-6,20H,1-4,11H2,(H,12,17)(H,13,14)(H,15,16)(H,18,19);4,10H,2H2,1H3,(H2,6,9)(H,7,8)/t5-,6-;/m0./s1. The number of primary amides is 1. The van der Waals surface area contributed by atoms with E-state index >= 15 is 0 Å². The van der Waals surface area contributed by atoms with Gasteiger partial charge in [0.05, 0.1) is 0 Å².